The molecule has 108 valence electrons. The van der Waals surface area contributed by atoms with Crippen molar-refractivity contribution in [2.75, 3.05) is 26.2 Å². The van der Waals surface area contributed by atoms with E-state index >= 15 is 0 Å². The minimum atomic E-state index is -0.0810. The van der Waals surface area contributed by atoms with Crippen LogP contribution in [0, 0.1) is 0 Å². The minimum absolute atomic E-state index is 0.00814. The molecule has 5 heteroatoms. The van der Waals surface area contributed by atoms with Crippen LogP contribution in [-0.4, -0.2) is 43.0 Å². The summed E-state index contributed by atoms with van der Waals surface area (Å²) in [5, 5.41) is 2.77. The van der Waals surface area contributed by atoms with Crippen molar-refractivity contribution in [2.24, 2.45) is 0 Å². The molecule has 1 heterocycles. The van der Waals surface area contributed by atoms with Crippen molar-refractivity contribution in [3.05, 3.63) is 29.8 Å². The van der Waals surface area contributed by atoms with Gasteiger partial charge in [0.1, 0.15) is 5.75 Å². The number of ether oxygens (including phenoxy) is 1. The van der Waals surface area contributed by atoms with Crippen molar-refractivity contribution in [3.8, 4) is 5.75 Å². The Bertz CT molecular complexity index is 471. The first-order chi connectivity index (χ1) is 9.69. The van der Waals surface area contributed by atoms with Gasteiger partial charge < -0.3 is 15.0 Å². The van der Waals surface area contributed by atoms with Gasteiger partial charge in [0.15, 0.2) is 0 Å². The first kappa shape index (κ1) is 14.4. The van der Waals surface area contributed by atoms with Crippen LogP contribution in [0.5, 0.6) is 5.75 Å². The molecule has 20 heavy (non-hydrogen) atoms. The second-order valence-electron chi connectivity index (χ2n) is 4.77. The van der Waals surface area contributed by atoms with Gasteiger partial charge in [0.2, 0.25) is 11.8 Å². The van der Waals surface area contributed by atoms with Crippen LogP contribution in [-0.2, 0) is 16.0 Å². The van der Waals surface area contributed by atoms with Gasteiger partial charge >= 0.3 is 0 Å². The highest BCUT2D eigenvalue weighted by Crippen LogP contribution is 2.13. The lowest BCUT2D eigenvalue weighted by molar-refractivity contribution is -0.134. The first-order valence-corrected chi connectivity index (χ1v) is 6.95. The molecule has 0 saturated carbocycles. The fraction of sp³-hybridized carbons (Fsp3) is 0.467. The number of nitrogens with one attached hydrogen (secondary N) is 1. The van der Waals surface area contributed by atoms with E-state index in [4.69, 9.17) is 4.74 Å². The Labute approximate surface area is 118 Å². The molecule has 1 aliphatic rings. The molecule has 1 aromatic carbocycles. The summed E-state index contributed by atoms with van der Waals surface area (Å²) in [5.74, 6) is 0.714. The van der Waals surface area contributed by atoms with E-state index in [1.54, 1.807) is 4.90 Å². The van der Waals surface area contributed by atoms with Gasteiger partial charge in [0, 0.05) is 13.1 Å². The number of rotatable bonds is 4. The number of hydrogen-bond donors (Lipinski definition) is 1. The summed E-state index contributed by atoms with van der Waals surface area (Å²) in [6, 6.07) is 7.50. The van der Waals surface area contributed by atoms with E-state index in [1.165, 1.54) is 0 Å². The predicted octanol–water partition coefficient (Wildman–Crippen LogP) is 0.976. The summed E-state index contributed by atoms with van der Waals surface area (Å²) < 4.78 is 5.36. The van der Waals surface area contributed by atoms with E-state index in [2.05, 4.69) is 5.32 Å². The number of carbonyl (C=O) groups excluding carboxylic acids is 2. The lowest BCUT2D eigenvalue weighted by Crippen LogP contribution is -2.38. The molecule has 1 aliphatic heterocycles. The molecular weight excluding hydrogens is 256 g/mol. The minimum Gasteiger partial charge on any atom is -0.494 e. The van der Waals surface area contributed by atoms with Crippen LogP contribution in [0.25, 0.3) is 0 Å². The lowest BCUT2D eigenvalue weighted by Gasteiger charge is -2.19. The van der Waals surface area contributed by atoms with Crippen LogP contribution in [0.2, 0.25) is 0 Å². The molecule has 1 aromatic rings. The SMILES string of the molecule is CCOc1ccc(CC(=O)N2CCCNC(=O)C2)cc1. The van der Waals surface area contributed by atoms with Crippen molar-refractivity contribution in [2.45, 2.75) is 19.8 Å². The predicted molar refractivity (Wildman–Crippen MR) is 75.5 cm³/mol. The zero-order valence-electron chi connectivity index (χ0n) is 11.7. The number of hydrogen-bond acceptors (Lipinski definition) is 3. The molecule has 1 N–H and O–H groups in total. The average Bonchev–Trinajstić information content (AvgIpc) is 2.66. The maximum Gasteiger partial charge on any atom is 0.239 e. The standard InChI is InChI=1S/C15H20N2O3/c1-2-20-13-6-4-12(5-7-13)10-15(19)17-9-3-8-16-14(18)11-17/h4-7H,2-3,8-11H2,1H3,(H,16,18). The molecule has 1 fully saturated rings. The molecule has 0 radical (unpaired) electrons. The third-order valence-corrected chi connectivity index (χ3v) is 3.20. The van der Waals surface area contributed by atoms with Gasteiger partial charge in [-0.15, -0.1) is 0 Å². The van der Waals surface area contributed by atoms with E-state index in [9.17, 15) is 9.59 Å². The summed E-state index contributed by atoms with van der Waals surface area (Å²) >= 11 is 0. The second kappa shape index (κ2) is 6.93. The zero-order chi connectivity index (χ0) is 14.4. The van der Waals surface area contributed by atoms with Gasteiger partial charge in [-0.1, -0.05) is 12.1 Å². The highest BCUT2D eigenvalue weighted by Gasteiger charge is 2.19. The van der Waals surface area contributed by atoms with Crippen LogP contribution in [0.4, 0.5) is 0 Å². The van der Waals surface area contributed by atoms with Gasteiger partial charge in [-0.25, -0.2) is 0 Å². The Morgan fingerprint density at radius 3 is 2.80 bits per heavy atom. The molecular formula is C15H20N2O3. The van der Waals surface area contributed by atoms with Crippen LogP contribution in [0.3, 0.4) is 0 Å². The van der Waals surface area contributed by atoms with Crippen LogP contribution in [0.1, 0.15) is 18.9 Å². The molecule has 0 unspecified atom stereocenters. The highest BCUT2D eigenvalue weighted by molar-refractivity contribution is 5.86. The monoisotopic (exact) mass is 276 g/mol. The van der Waals surface area contributed by atoms with E-state index < -0.39 is 0 Å². The molecule has 0 aromatic heterocycles. The number of nitrogens with zero attached hydrogens (tertiary/aromatic N) is 1. The summed E-state index contributed by atoms with van der Waals surface area (Å²) in [6.07, 6.45) is 1.13. The molecule has 0 bridgehead atoms. The van der Waals surface area contributed by atoms with Crippen molar-refractivity contribution < 1.29 is 14.3 Å². The maximum atomic E-state index is 12.2. The fourth-order valence-electron chi connectivity index (χ4n) is 2.18. The second-order valence-corrected chi connectivity index (χ2v) is 4.77. The van der Waals surface area contributed by atoms with Crippen molar-refractivity contribution >= 4 is 11.8 Å². The van der Waals surface area contributed by atoms with E-state index in [-0.39, 0.29) is 18.4 Å². The lowest BCUT2D eigenvalue weighted by atomic mass is 10.1. The third-order valence-electron chi connectivity index (χ3n) is 3.20. The average molecular weight is 276 g/mol. The quantitative estimate of drug-likeness (QED) is 0.891. The Hall–Kier alpha value is -2.04. The van der Waals surface area contributed by atoms with E-state index in [1.807, 2.05) is 31.2 Å². The Morgan fingerprint density at radius 1 is 1.35 bits per heavy atom. The third kappa shape index (κ3) is 3.98. The Kier molecular flexibility index (Phi) is 4.98. The van der Waals surface area contributed by atoms with Gasteiger partial charge in [0.25, 0.3) is 0 Å². The topological polar surface area (TPSA) is 58.6 Å². The molecule has 5 nitrogen and oxygen atoms in total. The smallest absolute Gasteiger partial charge is 0.239 e. The van der Waals surface area contributed by atoms with Crippen molar-refractivity contribution in [1.29, 1.82) is 0 Å². The molecule has 2 amide bonds. The van der Waals surface area contributed by atoms with Crippen LogP contribution < -0.4 is 10.1 Å². The number of carbonyl (C=O) groups is 2. The molecule has 0 spiro atoms. The highest BCUT2D eigenvalue weighted by atomic mass is 16.5. The van der Waals surface area contributed by atoms with Gasteiger partial charge in [-0.3, -0.25) is 9.59 Å². The number of benzene rings is 1. The molecule has 2 rings (SSSR count). The summed E-state index contributed by atoms with van der Waals surface area (Å²) in [6.45, 7) is 4.00. The first-order valence-electron chi connectivity index (χ1n) is 6.95. The van der Waals surface area contributed by atoms with E-state index in [0.717, 1.165) is 17.7 Å². The fourth-order valence-corrected chi connectivity index (χ4v) is 2.18. The molecule has 0 atom stereocenters. The Balaban J connectivity index is 1.94. The van der Waals surface area contributed by atoms with Gasteiger partial charge in [-0.2, -0.15) is 0 Å². The zero-order valence-corrected chi connectivity index (χ0v) is 11.7. The largest absolute Gasteiger partial charge is 0.494 e. The maximum absolute atomic E-state index is 12.2. The number of amides is 2. The summed E-state index contributed by atoms with van der Waals surface area (Å²) in [7, 11) is 0. The molecule has 1 saturated heterocycles. The summed E-state index contributed by atoms with van der Waals surface area (Å²) in [5.41, 5.74) is 0.933. The van der Waals surface area contributed by atoms with Crippen LogP contribution >= 0.6 is 0 Å². The molecule has 0 aliphatic carbocycles. The normalized spacial score (nSPS) is 15.4. The van der Waals surface area contributed by atoms with Gasteiger partial charge in [0.05, 0.1) is 19.6 Å². The van der Waals surface area contributed by atoms with Gasteiger partial charge in [-0.05, 0) is 31.0 Å². The van der Waals surface area contributed by atoms with Crippen molar-refractivity contribution in [3.63, 3.8) is 0 Å². The summed E-state index contributed by atoms with van der Waals surface area (Å²) in [4.78, 5) is 25.3. The van der Waals surface area contributed by atoms with Crippen molar-refractivity contribution in [1.82, 2.24) is 10.2 Å². The van der Waals surface area contributed by atoms with E-state index in [0.29, 0.717) is 26.1 Å². The van der Waals surface area contributed by atoms with Crippen LogP contribution in [0.15, 0.2) is 24.3 Å². The Morgan fingerprint density at radius 2 is 2.10 bits per heavy atom.